The zero-order chi connectivity index (χ0) is 18.2. The minimum atomic E-state index is 0.485. The smallest absolute Gasteiger partial charge is 0.163 e. The van der Waals surface area contributed by atoms with E-state index in [1.54, 1.807) is 7.11 Å². The van der Waals surface area contributed by atoms with E-state index < -0.39 is 0 Å². The molecule has 136 valence electrons. The van der Waals surface area contributed by atoms with E-state index in [4.69, 9.17) is 21.1 Å². The first-order valence-electron chi connectivity index (χ1n) is 8.75. The van der Waals surface area contributed by atoms with Gasteiger partial charge in [-0.3, -0.25) is 0 Å². The second-order valence-electron chi connectivity index (χ2n) is 6.73. The Hall–Kier alpha value is -1.71. The highest BCUT2D eigenvalue weighted by Gasteiger charge is 2.11. The van der Waals surface area contributed by atoms with Crippen molar-refractivity contribution in [2.75, 3.05) is 13.7 Å². The van der Waals surface area contributed by atoms with E-state index in [2.05, 4.69) is 50.4 Å². The fraction of sp³-hybridized carbons (Fsp3) is 0.429. The highest BCUT2D eigenvalue weighted by Crippen LogP contribution is 2.34. The van der Waals surface area contributed by atoms with Gasteiger partial charge in [-0.15, -0.1) is 0 Å². The molecule has 0 saturated heterocycles. The van der Waals surface area contributed by atoms with Gasteiger partial charge in [0.25, 0.3) is 0 Å². The van der Waals surface area contributed by atoms with Gasteiger partial charge in [-0.25, -0.2) is 0 Å². The Labute approximate surface area is 156 Å². The molecule has 1 N–H and O–H groups in total. The Morgan fingerprint density at radius 3 is 2.44 bits per heavy atom. The summed E-state index contributed by atoms with van der Waals surface area (Å²) in [6.07, 6.45) is 1.15. The van der Waals surface area contributed by atoms with Crippen molar-refractivity contribution in [3.63, 3.8) is 0 Å². The van der Waals surface area contributed by atoms with Gasteiger partial charge in [-0.2, -0.15) is 0 Å². The van der Waals surface area contributed by atoms with Crippen LogP contribution in [0.15, 0.2) is 36.4 Å². The maximum absolute atomic E-state index is 6.43. The summed E-state index contributed by atoms with van der Waals surface area (Å²) in [5.74, 6) is 2.06. The van der Waals surface area contributed by atoms with Crippen LogP contribution in [-0.2, 0) is 13.2 Å². The maximum atomic E-state index is 6.43. The van der Waals surface area contributed by atoms with E-state index in [1.165, 1.54) is 5.56 Å². The zero-order valence-electron chi connectivity index (χ0n) is 15.6. The Kier molecular flexibility index (Phi) is 7.60. The van der Waals surface area contributed by atoms with Crippen LogP contribution in [-0.4, -0.2) is 13.7 Å². The van der Waals surface area contributed by atoms with Gasteiger partial charge in [0.05, 0.1) is 7.11 Å². The van der Waals surface area contributed by atoms with Gasteiger partial charge in [0, 0.05) is 17.6 Å². The number of nitrogens with one attached hydrogen (secondary N) is 1. The van der Waals surface area contributed by atoms with E-state index in [0.29, 0.717) is 29.0 Å². The van der Waals surface area contributed by atoms with Gasteiger partial charge >= 0.3 is 0 Å². The van der Waals surface area contributed by atoms with Crippen molar-refractivity contribution in [3.8, 4) is 11.5 Å². The van der Waals surface area contributed by atoms with Crippen molar-refractivity contribution in [2.45, 2.75) is 40.3 Å². The molecule has 4 heteroatoms. The minimum absolute atomic E-state index is 0.485. The number of aryl methyl sites for hydroxylation is 1. The van der Waals surface area contributed by atoms with E-state index in [9.17, 15) is 0 Å². The topological polar surface area (TPSA) is 30.5 Å². The van der Waals surface area contributed by atoms with Crippen LogP contribution in [0.1, 0.15) is 37.0 Å². The molecule has 0 heterocycles. The molecule has 0 atom stereocenters. The second kappa shape index (κ2) is 9.69. The Bertz CT molecular complexity index is 668. The summed E-state index contributed by atoms with van der Waals surface area (Å²) >= 11 is 6.43. The predicted octanol–water partition coefficient (Wildman–Crippen LogP) is 5.37. The largest absolute Gasteiger partial charge is 0.493 e. The summed E-state index contributed by atoms with van der Waals surface area (Å²) < 4.78 is 11.4. The summed E-state index contributed by atoms with van der Waals surface area (Å²) in [4.78, 5) is 0. The fourth-order valence-electron chi connectivity index (χ4n) is 2.44. The van der Waals surface area contributed by atoms with Gasteiger partial charge in [0.15, 0.2) is 11.5 Å². The average molecular weight is 362 g/mol. The molecule has 0 fully saturated rings. The van der Waals surface area contributed by atoms with Crippen molar-refractivity contribution in [3.05, 3.63) is 58.1 Å². The van der Waals surface area contributed by atoms with Crippen molar-refractivity contribution in [1.82, 2.24) is 5.32 Å². The first kappa shape index (κ1) is 19.6. The molecule has 2 aromatic rings. The lowest BCUT2D eigenvalue weighted by Gasteiger charge is -2.15. The molecule has 0 saturated carbocycles. The van der Waals surface area contributed by atoms with Gasteiger partial charge in [0.2, 0.25) is 0 Å². The van der Waals surface area contributed by atoms with Crippen LogP contribution in [0.4, 0.5) is 0 Å². The Morgan fingerprint density at radius 1 is 1.08 bits per heavy atom. The fourth-order valence-corrected chi connectivity index (χ4v) is 2.66. The van der Waals surface area contributed by atoms with Gasteiger partial charge < -0.3 is 14.8 Å². The van der Waals surface area contributed by atoms with Crippen LogP contribution in [0, 0.1) is 12.8 Å². The minimum Gasteiger partial charge on any atom is -0.493 e. The third kappa shape index (κ3) is 6.26. The SMILES string of the molecule is COc1cc(CNCCC(C)C)c(Cl)cc1OCc1ccc(C)cc1. The highest BCUT2D eigenvalue weighted by molar-refractivity contribution is 6.31. The van der Waals surface area contributed by atoms with Crippen LogP contribution in [0.2, 0.25) is 5.02 Å². The number of methoxy groups -OCH3 is 1. The van der Waals surface area contributed by atoms with Crippen LogP contribution >= 0.6 is 11.6 Å². The first-order chi connectivity index (χ1) is 12.0. The molecule has 0 aliphatic rings. The lowest BCUT2D eigenvalue weighted by molar-refractivity contribution is 0.284. The molecule has 0 radical (unpaired) electrons. The van der Waals surface area contributed by atoms with Crippen LogP contribution in [0.3, 0.4) is 0 Å². The number of benzene rings is 2. The van der Waals surface area contributed by atoms with E-state index in [0.717, 1.165) is 30.6 Å². The summed E-state index contributed by atoms with van der Waals surface area (Å²) in [6.45, 7) is 8.69. The van der Waals surface area contributed by atoms with Crippen LogP contribution in [0.5, 0.6) is 11.5 Å². The standard InChI is InChI=1S/C21H28ClNO2/c1-15(2)9-10-23-13-18-11-20(24-4)21(12-19(18)22)25-14-17-7-5-16(3)6-8-17/h5-8,11-12,15,23H,9-10,13-14H2,1-4H3. The second-order valence-corrected chi connectivity index (χ2v) is 7.14. The predicted molar refractivity (Wildman–Crippen MR) is 105 cm³/mol. The molecule has 25 heavy (non-hydrogen) atoms. The molecule has 3 nitrogen and oxygen atoms in total. The highest BCUT2D eigenvalue weighted by atomic mass is 35.5. The molecule has 0 aromatic heterocycles. The maximum Gasteiger partial charge on any atom is 0.163 e. The Balaban J connectivity index is 2.01. The molecular weight excluding hydrogens is 334 g/mol. The van der Waals surface area contributed by atoms with Crippen molar-refractivity contribution in [1.29, 1.82) is 0 Å². The summed E-state index contributed by atoms with van der Waals surface area (Å²) in [5.41, 5.74) is 3.37. The number of halogens is 1. The number of hydrogen-bond acceptors (Lipinski definition) is 3. The normalized spacial score (nSPS) is 11.0. The summed E-state index contributed by atoms with van der Waals surface area (Å²) in [6, 6.07) is 12.1. The van der Waals surface area contributed by atoms with Crippen molar-refractivity contribution < 1.29 is 9.47 Å². The van der Waals surface area contributed by atoms with Crippen molar-refractivity contribution in [2.24, 2.45) is 5.92 Å². The first-order valence-corrected chi connectivity index (χ1v) is 9.13. The molecule has 0 amide bonds. The third-order valence-corrected chi connectivity index (χ3v) is 4.41. The molecule has 0 unspecified atom stereocenters. The number of ether oxygens (including phenoxy) is 2. The monoisotopic (exact) mass is 361 g/mol. The van der Waals surface area contributed by atoms with Crippen LogP contribution in [0.25, 0.3) is 0 Å². The van der Waals surface area contributed by atoms with Crippen molar-refractivity contribution >= 4 is 11.6 Å². The number of rotatable bonds is 9. The molecule has 0 bridgehead atoms. The van der Waals surface area contributed by atoms with Gasteiger partial charge in [-0.05, 0) is 43.0 Å². The molecule has 2 rings (SSSR count). The summed E-state index contributed by atoms with van der Waals surface area (Å²) in [7, 11) is 1.65. The van der Waals surface area contributed by atoms with E-state index in [1.807, 2.05) is 12.1 Å². The molecule has 0 aliphatic heterocycles. The zero-order valence-corrected chi connectivity index (χ0v) is 16.3. The lowest BCUT2D eigenvalue weighted by atomic mass is 10.1. The average Bonchev–Trinajstić information content (AvgIpc) is 2.59. The Morgan fingerprint density at radius 2 is 1.80 bits per heavy atom. The quantitative estimate of drug-likeness (QED) is 0.609. The number of hydrogen-bond donors (Lipinski definition) is 1. The van der Waals surface area contributed by atoms with Gasteiger partial charge in [0.1, 0.15) is 6.61 Å². The van der Waals surface area contributed by atoms with E-state index in [-0.39, 0.29) is 0 Å². The molecule has 0 aliphatic carbocycles. The van der Waals surface area contributed by atoms with E-state index >= 15 is 0 Å². The molecule has 0 spiro atoms. The molecular formula is C21H28ClNO2. The lowest BCUT2D eigenvalue weighted by Crippen LogP contribution is -2.16. The third-order valence-electron chi connectivity index (χ3n) is 4.06. The van der Waals surface area contributed by atoms with Gasteiger partial charge in [-0.1, -0.05) is 55.3 Å². The molecule has 2 aromatic carbocycles. The summed E-state index contributed by atoms with van der Waals surface area (Å²) in [5, 5.41) is 4.12. The van der Waals surface area contributed by atoms with Crippen LogP contribution < -0.4 is 14.8 Å².